The number of carboxylic acids is 1. The molecule has 1 rings (SSSR count). The van der Waals surface area contributed by atoms with Gasteiger partial charge in [0.2, 0.25) is 0 Å². The highest BCUT2D eigenvalue weighted by Gasteiger charge is 2.08. The minimum Gasteiger partial charge on any atom is -0.502 e. The molecular weight excluding hydrogens is 179 g/mol. The lowest BCUT2D eigenvalue weighted by Gasteiger charge is -2.04. The molecular formula is C8H7FO4. The Labute approximate surface area is 73.2 Å². The molecule has 0 saturated heterocycles. The normalized spacial score (nSPS) is 9.62. The zero-order valence-corrected chi connectivity index (χ0v) is 6.53. The summed E-state index contributed by atoms with van der Waals surface area (Å²) in [6, 6.07) is 3.64. The van der Waals surface area contributed by atoms with Gasteiger partial charge in [0.05, 0.1) is 0 Å². The third-order valence-electron chi connectivity index (χ3n) is 1.30. The van der Waals surface area contributed by atoms with Crippen molar-refractivity contribution in [3.63, 3.8) is 0 Å². The highest BCUT2D eigenvalue weighted by Crippen LogP contribution is 2.27. The van der Waals surface area contributed by atoms with E-state index in [1.54, 1.807) is 0 Å². The molecule has 0 saturated carbocycles. The van der Waals surface area contributed by atoms with Crippen LogP contribution in [-0.4, -0.2) is 22.8 Å². The Morgan fingerprint density at radius 3 is 2.85 bits per heavy atom. The van der Waals surface area contributed by atoms with Crippen molar-refractivity contribution < 1.29 is 24.1 Å². The van der Waals surface area contributed by atoms with Crippen molar-refractivity contribution in [3.8, 4) is 11.5 Å². The van der Waals surface area contributed by atoms with E-state index in [0.717, 1.165) is 6.07 Å². The Hall–Kier alpha value is -1.78. The lowest BCUT2D eigenvalue weighted by molar-refractivity contribution is -0.139. The highest BCUT2D eigenvalue weighted by atomic mass is 19.1. The van der Waals surface area contributed by atoms with E-state index in [4.69, 9.17) is 10.2 Å². The number of phenolic OH excluding ortho intramolecular Hbond substituents is 1. The first-order valence-corrected chi connectivity index (χ1v) is 3.43. The number of hydrogen-bond donors (Lipinski definition) is 2. The Morgan fingerprint density at radius 2 is 2.23 bits per heavy atom. The average Bonchev–Trinajstić information content (AvgIpc) is 2.07. The number of aliphatic carboxylic acids is 1. The van der Waals surface area contributed by atoms with Crippen LogP contribution in [0.25, 0.3) is 0 Å². The first kappa shape index (κ1) is 9.31. The minimum atomic E-state index is -1.19. The second kappa shape index (κ2) is 3.75. The third kappa shape index (κ3) is 2.33. The summed E-state index contributed by atoms with van der Waals surface area (Å²) in [6.07, 6.45) is 0. The summed E-state index contributed by atoms with van der Waals surface area (Å²) in [5.41, 5.74) is 0. The van der Waals surface area contributed by atoms with E-state index in [0.29, 0.717) is 0 Å². The maximum absolute atomic E-state index is 12.6. The van der Waals surface area contributed by atoms with Gasteiger partial charge >= 0.3 is 5.97 Å². The SMILES string of the molecule is O=C(O)COc1cccc(F)c1O. The Morgan fingerprint density at radius 1 is 1.54 bits per heavy atom. The van der Waals surface area contributed by atoms with Gasteiger partial charge < -0.3 is 14.9 Å². The number of hydrogen-bond acceptors (Lipinski definition) is 3. The number of phenols is 1. The monoisotopic (exact) mass is 186 g/mol. The van der Waals surface area contributed by atoms with Gasteiger partial charge in [-0.2, -0.15) is 0 Å². The van der Waals surface area contributed by atoms with Gasteiger partial charge in [0.25, 0.3) is 0 Å². The van der Waals surface area contributed by atoms with Crippen LogP contribution in [0.15, 0.2) is 18.2 Å². The fourth-order valence-corrected chi connectivity index (χ4v) is 0.752. The van der Waals surface area contributed by atoms with E-state index in [1.165, 1.54) is 12.1 Å². The predicted molar refractivity (Wildman–Crippen MR) is 41.2 cm³/mol. The summed E-state index contributed by atoms with van der Waals surface area (Å²) in [4.78, 5) is 10.1. The molecule has 2 N–H and O–H groups in total. The largest absolute Gasteiger partial charge is 0.502 e. The van der Waals surface area contributed by atoms with Gasteiger partial charge in [-0.25, -0.2) is 9.18 Å². The number of aromatic hydroxyl groups is 1. The third-order valence-corrected chi connectivity index (χ3v) is 1.30. The summed E-state index contributed by atoms with van der Waals surface area (Å²) in [5, 5.41) is 17.3. The van der Waals surface area contributed by atoms with Crippen LogP contribution in [0.2, 0.25) is 0 Å². The van der Waals surface area contributed by atoms with E-state index >= 15 is 0 Å². The van der Waals surface area contributed by atoms with Crippen LogP contribution >= 0.6 is 0 Å². The summed E-state index contributed by atoms with van der Waals surface area (Å²) in [6.45, 7) is -0.614. The lowest BCUT2D eigenvalue weighted by Crippen LogP contribution is -2.09. The van der Waals surface area contributed by atoms with Gasteiger partial charge in [0.1, 0.15) is 0 Å². The second-order valence-corrected chi connectivity index (χ2v) is 2.27. The number of benzene rings is 1. The smallest absolute Gasteiger partial charge is 0.341 e. The zero-order valence-electron chi connectivity index (χ0n) is 6.53. The van der Waals surface area contributed by atoms with Crippen molar-refractivity contribution in [2.75, 3.05) is 6.61 Å². The molecule has 1 aromatic rings. The molecule has 0 unspecified atom stereocenters. The minimum absolute atomic E-state index is 0.178. The topological polar surface area (TPSA) is 66.8 Å². The van der Waals surface area contributed by atoms with Crippen LogP contribution < -0.4 is 4.74 Å². The maximum atomic E-state index is 12.6. The molecule has 0 atom stereocenters. The van der Waals surface area contributed by atoms with Gasteiger partial charge in [0, 0.05) is 0 Å². The number of carbonyl (C=O) groups is 1. The second-order valence-electron chi connectivity index (χ2n) is 2.27. The van der Waals surface area contributed by atoms with Crippen molar-refractivity contribution in [1.29, 1.82) is 0 Å². The van der Waals surface area contributed by atoms with Crippen molar-refractivity contribution in [2.45, 2.75) is 0 Å². The number of rotatable bonds is 3. The summed E-state index contributed by atoms with van der Waals surface area (Å²) < 4.78 is 17.2. The Balaban J connectivity index is 2.77. The van der Waals surface area contributed by atoms with E-state index in [2.05, 4.69) is 4.74 Å². The average molecular weight is 186 g/mol. The maximum Gasteiger partial charge on any atom is 0.341 e. The quantitative estimate of drug-likeness (QED) is 0.738. The molecule has 0 amide bonds. The Bertz CT molecular complexity index is 324. The molecule has 13 heavy (non-hydrogen) atoms. The first-order valence-electron chi connectivity index (χ1n) is 3.43. The molecule has 0 aliphatic carbocycles. The van der Waals surface area contributed by atoms with Gasteiger partial charge in [-0.3, -0.25) is 0 Å². The molecule has 0 fully saturated rings. The van der Waals surface area contributed by atoms with Crippen molar-refractivity contribution in [2.24, 2.45) is 0 Å². The number of para-hydroxylation sites is 1. The summed E-state index contributed by atoms with van der Waals surface area (Å²) in [5.74, 6) is -2.89. The lowest BCUT2D eigenvalue weighted by atomic mass is 10.3. The van der Waals surface area contributed by atoms with Crippen LogP contribution in [0, 0.1) is 5.82 Å². The molecule has 0 spiro atoms. The van der Waals surface area contributed by atoms with Gasteiger partial charge in [-0.1, -0.05) is 6.07 Å². The summed E-state index contributed by atoms with van der Waals surface area (Å²) >= 11 is 0. The molecule has 0 aromatic heterocycles. The van der Waals surface area contributed by atoms with Crippen molar-refractivity contribution in [3.05, 3.63) is 24.0 Å². The van der Waals surface area contributed by atoms with E-state index in [-0.39, 0.29) is 5.75 Å². The number of carboxylic acid groups (broad SMARTS) is 1. The Kier molecular flexibility index (Phi) is 2.69. The fraction of sp³-hybridized carbons (Fsp3) is 0.125. The van der Waals surface area contributed by atoms with Crippen LogP contribution in [0.3, 0.4) is 0 Å². The molecule has 5 heteroatoms. The molecule has 1 aromatic carbocycles. The summed E-state index contributed by atoms with van der Waals surface area (Å²) in [7, 11) is 0. The molecule has 70 valence electrons. The van der Waals surface area contributed by atoms with Gasteiger partial charge in [0.15, 0.2) is 23.9 Å². The van der Waals surface area contributed by atoms with Crippen LogP contribution in [0.5, 0.6) is 11.5 Å². The first-order chi connectivity index (χ1) is 6.11. The molecule has 0 aliphatic heterocycles. The van der Waals surface area contributed by atoms with Crippen LogP contribution in [0.1, 0.15) is 0 Å². The van der Waals surface area contributed by atoms with Crippen LogP contribution in [-0.2, 0) is 4.79 Å². The van der Waals surface area contributed by atoms with Gasteiger partial charge in [-0.05, 0) is 12.1 Å². The predicted octanol–water partition coefficient (Wildman–Crippen LogP) is 0.995. The fourth-order valence-electron chi connectivity index (χ4n) is 0.752. The van der Waals surface area contributed by atoms with Crippen molar-refractivity contribution >= 4 is 5.97 Å². The molecule has 0 heterocycles. The number of ether oxygens (including phenoxy) is 1. The van der Waals surface area contributed by atoms with Crippen LogP contribution in [0.4, 0.5) is 4.39 Å². The highest BCUT2D eigenvalue weighted by molar-refractivity contribution is 5.68. The van der Waals surface area contributed by atoms with Crippen molar-refractivity contribution in [1.82, 2.24) is 0 Å². The van der Waals surface area contributed by atoms with Gasteiger partial charge in [-0.15, -0.1) is 0 Å². The molecule has 0 radical (unpaired) electrons. The molecule has 0 aliphatic rings. The van der Waals surface area contributed by atoms with E-state index in [9.17, 15) is 9.18 Å². The number of halogens is 1. The van der Waals surface area contributed by atoms with E-state index < -0.39 is 24.1 Å². The molecule has 0 bridgehead atoms. The standard InChI is InChI=1S/C8H7FO4/c9-5-2-1-3-6(8(5)12)13-4-7(10)11/h1-3,12H,4H2,(H,10,11). The van der Waals surface area contributed by atoms with E-state index in [1.807, 2.05) is 0 Å². The molecule has 4 nitrogen and oxygen atoms in total. The zero-order chi connectivity index (χ0) is 9.84.